The third-order valence-electron chi connectivity index (χ3n) is 5.33. The first-order chi connectivity index (χ1) is 15.0. The second-order valence-electron chi connectivity index (χ2n) is 7.98. The number of hydrogen-bond acceptors (Lipinski definition) is 5. The van der Waals surface area contributed by atoms with E-state index in [9.17, 15) is 9.59 Å². The van der Waals surface area contributed by atoms with Crippen LogP contribution in [0, 0.1) is 0 Å². The Labute approximate surface area is 184 Å². The van der Waals surface area contributed by atoms with Crippen LogP contribution in [0.25, 0.3) is 0 Å². The Bertz CT molecular complexity index is 836. The van der Waals surface area contributed by atoms with E-state index in [1.165, 1.54) is 5.56 Å². The van der Waals surface area contributed by atoms with Gasteiger partial charge in [0.05, 0.1) is 26.3 Å². The topological polar surface area (TPSA) is 73.9 Å². The van der Waals surface area contributed by atoms with Gasteiger partial charge in [-0.05, 0) is 42.8 Å². The molecule has 166 valence electrons. The quantitative estimate of drug-likeness (QED) is 0.646. The molecular weight excluding hydrogens is 392 g/mol. The third kappa shape index (κ3) is 7.38. The molecule has 1 atom stereocenters. The van der Waals surface area contributed by atoms with E-state index in [-0.39, 0.29) is 30.8 Å². The first-order valence-electron chi connectivity index (χ1n) is 10.7. The van der Waals surface area contributed by atoms with Gasteiger partial charge in [0.15, 0.2) is 0 Å². The van der Waals surface area contributed by atoms with Gasteiger partial charge in [0.25, 0.3) is 0 Å². The summed E-state index contributed by atoms with van der Waals surface area (Å²) in [7, 11) is 1.77. The summed E-state index contributed by atoms with van der Waals surface area (Å²) < 4.78 is 5.38. The molecule has 7 heteroatoms. The first kappa shape index (κ1) is 22.8. The van der Waals surface area contributed by atoms with E-state index in [1.54, 1.807) is 11.9 Å². The lowest BCUT2D eigenvalue weighted by molar-refractivity contribution is -0.123. The van der Waals surface area contributed by atoms with Gasteiger partial charge in [-0.15, -0.1) is 0 Å². The summed E-state index contributed by atoms with van der Waals surface area (Å²) in [5.74, 6) is -0.000731. The molecule has 0 unspecified atom stereocenters. The molecule has 1 aliphatic rings. The highest BCUT2D eigenvalue weighted by Crippen LogP contribution is 2.19. The number of carbonyl (C=O) groups is 2. The van der Waals surface area contributed by atoms with Crippen LogP contribution in [0.4, 0.5) is 11.4 Å². The van der Waals surface area contributed by atoms with Crippen molar-refractivity contribution >= 4 is 23.2 Å². The summed E-state index contributed by atoms with van der Waals surface area (Å²) in [5, 5.41) is 5.84. The van der Waals surface area contributed by atoms with Gasteiger partial charge in [-0.3, -0.25) is 14.5 Å². The van der Waals surface area contributed by atoms with Gasteiger partial charge < -0.3 is 20.3 Å². The van der Waals surface area contributed by atoms with E-state index in [2.05, 4.69) is 34.6 Å². The predicted octanol–water partition coefficient (Wildman–Crippen LogP) is 2.31. The lowest BCUT2D eigenvalue weighted by Crippen LogP contribution is -2.40. The Morgan fingerprint density at radius 2 is 1.65 bits per heavy atom. The average molecular weight is 425 g/mol. The van der Waals surface area contributed by atoms with Crippen LogP contribution in [0.5, 0.6) is 0 Å². The number of hydrogen-bond donors (Lipinski definition) is 2. The second kappa shape index (κ2) is 11.5. The fourth-order valence-corrected chi connectivity index (χ4v) is 3.55. The molecular formula is C24H32N4O3. The highest BCUT2D eigenvalue weighted by Gasteiger charge is 2.14. The van der Waals surface area contributed by atoms with Gasteiger partial charge in [-0.2, -0.15) is 0 Å². The number of amides is 2. The molecule has 0 saturated carbocycles. The number of rotatable bonds is 9. The summed E-state index contributed by atoms with van der Waals surface area (Å²) in [6.45, 7) is 6.20. The molecule has 1 aliphatic heterocycles. The Hall–Kier alpha value is -2.90. The van der Waals surface area contributed by atoms with Crippen LogP contribution in [0.15, 0.2) is 54.6 Å². The van der Waals surface area contributed by atoms with Crippen molar-refractivity contribution in [1.82, 2.24) is 10.2 Å². The van der Waals surface area contributed by atoms with Crippen molar-refractivity contribution in [2.45, 2.75) is 12.8 Å². The molecule has 0 radical (unpaired) electrons. The van der Waals surface area contributed by atoms with Gasteiger partial charge in [-0.25, -0.2) is 0 Å². The minimum Gasteiger partial charge on any atom is -0.378 e. The van der Waals surface area contributed by atoms with Crippen LogP contribution in [0.2, 0.25) is 0 Å². The molecule has 0 spiro atoms. The normalized spacial score (nSPS) is 14.9. The number of carbonyl (C=O) groups excluding carboxylic acids is 2. The van der Waals surface area contributed by atoms with E-state index < -0.39 is 0 Å². The van der Waals surface area contributed by atoms with Crippen molar-refractivity contribution < 1.29 is 14.3 Å². The summed E-state index contributed by atoms with van der Waals surface area (Å²) in [6, 6.07) is 17.9. The number of nitrogens with one attached hydrogen (secondary N) is 2. The molecule has 0 aromatic heterocycles. The molecule has 7 nitrogen and oxygen atoms in total. The molecule has 3 rings (SSSR count). The number of morpholine rings is 1. The maximum absolute atomic E-state index is 12.3. The van der Waals surface area contributed by atoms with Crippen molar-refractivity contribution in [2.24, 2.45) is 0 Å². The van der Waals surface area contributed by atoms with Crippen molar-refractivity contribution in [3.63, 3.8) is 0 Å². The van der Waals surface area contributed by atoms with Gasteiger partial charge >= 0.3 is 0 Å². The SMILES string of the molecule is C[C@@H](CNC(=O)CN(C)CC(=O)Nc1ccc(N2CCOCC2)cc1)c1ccccc1. The average Bonchev–Trinajstić information content (AvgIpc) is 2.79. The van der Waals surface area contributed by atoms with Crippen LogP contribution < -0.4 is 15.5 Å². The van der Waals surface area contributed by atoms with Gasteiger partial charge in [0.2, 0.25) is 11.8 Å². The molecule has 2 N–H and O–H groups in total. The lowest BCUT2D eigenvalue weighted by Gasteiger charge is -2.28. The van der Waals surface area contributed by atoms with Gasteiger partial charge in [0, 0.05) is 31.0 Å². The van der Waals surface area contributed by atoms with E-state index in [1.807, 2.05) is 42.5 Å². The molecule has 1 saturated heterocycles. The number of benzene rings is 2. The minimum atomic E-state index is -0.146. The maximum Gasteiger partial charge on any atom is 0.238 e. The zero-order valence-corrected chi connectivity index (χ0v) is 18.3. The number of nitrogens with zero attached hydrogens (tertiary/aromatic N) is 2. The molecule has 2 amide bonds. The predicted molar refractivity (Wildman–Crippen MR) is 123 cm³/mol. The molecule has 2 aromatic rings. The molecule has 0 aliphatic carbocycles. The fourth-order valence-electron chi connectivity index (χ4n) is 3.55. The zero-order valence-electron chi connectivity index (χ0n) is 18.3. The van der Waals surface area contributed by atoms with Crippen LogP contribution in [-0.4, -0.2) is 69.7 Å². The van der Waals surface area contributed by atoms with Crippen LogP contribution in [0.1, 0.15) is 18.4 Å². The lowest BCUT2D eigenvalue weighted by atomic mass is 10.0. The summed E-state index contributed by atoms with van der Waals surface area (Å²) in [4.78, 5) is 28.5. The Morgan fingerprint density at radius 3 is 2.32 bits per heavy atom. The third-order valence-corrected chi connectivity index (χ3v) is 5.33. The van der Waals surface area contributed by atoms with Crippen LogP contribution in [-0.2, 0) is 14.3 Å². The van der Waals surface area contributed by atoms with Crippen molar-refractivity contribution in [1.29, 1.82) is 0 Å². The highest BCUT2D eigenvalue weighted by molar-refractivity contribution is 5.92. The summed E-state index contributed by atoms with van der Waals surface area (Å²) in [6.07, 6.45) is 0. The monoisotopic (exact) mass is 424 g/mol. The standard InChI is InChI=1S/C24H32N4O3/c1-19(20-6-4-3-5-7-20)16-25-23(29)17-27(2)18-24(30)26-21-8-10-22(11-9-21)28-12-14-31-15-13-28/h3-11,19H,12-18H2,1-2H3,(H,25,29)(H,26,30)/t19-/m0/s1. The highest BCUT2D eigenvalue weighted by atomic mass is 16.5. The fraction of sp³-hybridized carbons (Fsp3) is 0.417. The summed E-state index contributed by atoms with van der Waals surface area (Å²) >= 11 is 0. The Morgan fingerprint density at radius 1 is 1.00 bits per heavy atom. The van der Waals surface area contributed by atoms with E-state index in [0.29, 0.717) is 6.54 Å². The first-order valence-corrected chi connectivity index (χ1v) is 10.7. The molecule has 1 fully saturated rings. The molecule has 1 heterocycles. The number of likely N-dealkylation sites (N-methyl/N-ethyl adjacent to an activating group) is 1. The van der Waals surface area contributed by atoms with Gasteiger partial charge in [0.1, 0.15) is 0 Å². The minimum absolute atomic E-state index is 0.0899. The van der Waals surface area contributed by atoms with Crippen molar-refractivity contribution in [3.8, 4) is 0 Å². The number of ether oxygens (including phenoxy) is 1. The summed E-state index contributed by atoms with van der Waals surface area (Å²) in [5.41, 5.74) is 3.06. The van der Waals surface area contributed by atoms with E-state index >= 15 is 0 Å². The Balaban J connectivity index is 1.38. The smallest absolute Gasteiger partial charge is 0.238 e. The second-order valence-corrected chi connectivity index (χ2v) is 7.98. The number of anilines is 2. The Kier molecular flexibility index (Phi) is 8.44. The molecule has 2 aromatic carbocycles. The van der Waals surface area contributed by atoms with E-state index in [0.717, 1.165) is 37.7 Å². The maximum atomic E-state index is 12.3. The van der Waals surface area contributed by atoms with Crippen molar-refractivity contribution in [3.05, 3.63) is 60.2 Å². The van der Waals surface area contributed by atoms with Crippen molar-refractivity contribution in [2.75, 3.05) is 63.2 Å². The van der Waals surface area contributed by atoms with Crippen LogP contribution in [0.3, 0.4) is 0 Å². The molecule has 0 bridgehead atoms. The van der Waals surface area contributed by atoms with E-state index in [4.69, 9.17) is 4.74 Å². The van der Waals surface area contributed by atoms with Gasteiger partial charge in [-0.1, -0.05) is 37.3 Å². The molecule has 31 heavy (non-hydrogen) atoms. The largest absolute Gasteiger partial charge is 0.378 e. The zero-order chi connectivity index (χ0) is 22.1. The van der Waals surface area contributed by atoms with Crippen LogP contribution >= 0.6 is 0 Å².